The van der Waals surface area contributed by atoms with E-state index in [4.69, 9.17) is 0 Å². The van der Waals surface area contributed by atoms with Crippen LogP contribution in [0.4, 0.5) is 0 Å². The van der Waals surface area contributed by atoms with Crippen LogP contribution in [0.15, 0.2) is 24.4 Å². The summed E-state index contributed by atoms with van der Waals surface area (Å²) in [6.45, 7) is 0. The van der Waals surface area contributed by atoms with Gasteiger partial charge in [0.2, 0.25) is 0 Å². The minimum Gasteiger partial charge on any atom is -0.293 e. The van der Waals surface area contributed by atoms with Crippen LogP contribution in [0.25, 0.3) is 10.9 Å². The zero-order chi connectivity index (χ0) is 10.1. The molecule has 3 nitrogen and oxygen atoms in total. The van der Waals surface area contributed by atoms with Crippen LogP contribution in [0.3, 0.4) is 0 Å². The van der Waals surface area contributed by atoms with Crippen LogP contribution in [0.5, 0.6) is 0 Å². The average molecular weight is 253 g/mol. The number of aromatic nitrogens is 2. The Hall–Kier alpha value is -1.16. The number of carbonyl (C=O) groups is 1. The highest BCUT2D eigenvalue weighted by atomic mass is 79.9. The molecule has 4 heteroatoms. The molecule has 0 amide bonds. The van der Waals surface area contributed by atoms with E-state index in [1.54, 1.807) is 10.7 Å². The van der Waals surface area contributed by atoms with E-state index in [0.717, 1.165) is 16.5 Å². The van der Waals surface area contributed by atoms with E-state index in [9.17, 15) is 4.79 Å². The third-order valence-corrected chi connectivity index (χ3v) is 2.57. The zero-order valence-corrected chi connectivity index (χ0v) is 9.28. The molecule has 72 valence electrons. The molecule has 1 heterocycles. The highest BCUT2D eigenvalue weighted by Gasteiger charge is 2.05. The second-order valence-electron chi connectivity index (χ2n) is 3.13. The summed E-state index contributed by atoms with van der Waals surface area (Å²) >= 11 is 3.15. The van der Waals surface area contributed by atoms with E-state index in [1.165, 1.54) is 0 Å². The zero-order valence-electron chi connectivity index (χ0n) is 7.70. The van der Waals surface area contributed by atoms with Gasteiger partial charge in [-0.25, -0.2) is 0 Å². The lowest BCUT2D eigenvalue weighted by Gasteiger charge is -1.95. The number of hydrogen-bond donors (Lipinski definition) is 0. The van der Waals surface area contributed by atoms with Crippen LogP contribution in [-0.2, 0) is 7.05 Å². The maximum atomic E-state index is 11.4. The van der Waals surface area contributed by atoms with Crippen molar-refractivity contribution in [2.24, 2.45) is 7.05 Å². The van der Waals surface area contributed by atoms with Gasteiger partial charge in [-0.05, 0) is 18.2 Å². The topological polar surface area (TPSA) is 34.9 Å². The molecule has 0 spiro atoms. The Labute approximate surface area is 89.8 Å². The van der Waals surface area contributed by atoms with Gasteiger partial charge in [-0.3, -0.25) is 9.48 Å². The predicted molar refractivity (Wildman–Crippen MR) is 58.8 cm³/mol. The Morgan fingerprint density at radius 2 is 2.36 bits per heavy atom. The van der Waals surface area contributed by atoms with Gasteiger partial charge in [-0.1, -0.05) is 15.9 Å². The van der Waals surface area contributed by atoms with Crippen LogP contribution in [0.2, 0.25) is 0 Å². The van der Waals surface area contributed by atoms with Gasteiger partial charge in [0, 0.05) is 24.2 Å². The number of carbonyl (C=O) groups excluding carboxylic acids is 1. The fourth-order valence-electron chi connectivity index (χ4n) is 1.40. The molecule has 0 unspecified atom stereocenters. The van der Waals surface area contributed by atoms with E-state index in [-0.39, 0.29) is 5.78 Å². The molecule has 0 aliphatic heterocycles. The maximum absolute atomic E-state index is 11.4. The monoisotopic (exact) mass is 252 g/mol. The smallest absolute Gasteiger partial charge is 0.173 e. The minimum absolute atomic E-state index is 0.0933. The summed E-state index contributed by atoms with van der Waals surface area (Å²) in [4.78, 5) is 11.4. The molecule has 1 aromatic heterocycles. The molecule has 0 saturated carbocycles. The number of hydrogen-bond acceptors (Lipinski definition) is 2. The third kappa shape index (κ3) is 1.57. The van der Waals surface area contributed by atoms with Crippen LogP contribution in [0, 0.1) is 0 Å². The van der Waals surface area contributed by atoms with Gasteiger partial charge in [0.05, 0.1) is 10.8 Å². The van der Waals surface area contributed by atoms with Crippen molar-refractivity contribution in [1.29, 1.82) is 0 Å². The SMILES string of the molecule is Cn1cc2cc(C(=O)CBr)ccc2n1. The maximum Gasteiger partial charge on any atom is 0.173 e. The van der Waals surface area contributed by atoms with Gasteiger partial charge in [0.25, 0.3) is 0 Å². The second-order valence-corrected chi connectivity index (χ2v) is 3.69. The van der Waals surface area contributed by atoms with Gasteiger partial charge in [0.1, 0.15) is 0 Å². The highest BCUT2D eigenvalue weighted by molar-refractivity contribution is 9.09. The van der Waals surface area contributed by atoms with E-state index < -0.39 is 0 Å². The molecule has 0 N–H and O–H groups in total. The number of alkyl halides is 1. The first-order chi connectivity index (χ1) is 6.70. The molecule has 0 fully saturated rings. The van der Waals surface area contributed by atoms with Crippen LogP contribution in [-0.4, -0.2) is 20.9 Å². The minimum atomic E-state index is 0.0933. The number of benzene rings is 1. The molecule has 0 aliphatic carbocycles. The number of halogens is 1. The first-order valence-corrected chi connectivity index (χ1v) is 5.35. The first-order valence-electron chi connectivity index (χ1n) is 4.23. The summed E-state index contributed by atoms with van der Waals surface area (Å²) in [6, 6.07) is 5.54. The van der Waals surface area contributed by atoms with Crippen LogP contribution in [0.1, 0.15) is 10.4 Å². The van der Waals surface area contributed by atoms with E-state index in [0.29, 0.717) is 5.33 Å². The van der Waals surface area contributed by atoms with Gasteiger partial charge in [-0.15, -0.1) is 0 Å². The summed E-state index contributed by atoms with van der Waals surface area (Å²) < 4.78 is 1.74. The number of rotatable bonds is 2. The van der Waals surface area contributed by atoms with Crippen molar-refractivity contribution in [2.75, 3.05) is 5.33 Å². The van der Waals surface area contributed by atoms with Crippen LogP contribution < -0.4 is 0 Å². The van der Waals surface area contributed by atoms with Crippen LogP contribution >= 0.6 is 15.9 Å². The van der Waals surface area contributed by atoms with Crippen molar-refractivity contribution in [3.8, 4) is 0 Å². The summed E-state index contributed by atoms with van der Waals surface area (Å²) in [6.07, 6.45) is 1.90. The lowest BCUT2D eigenvalue weighted by molar-refractivity contribution is 0.102. The molecule has 1 aromatic carbocycles. The number of ketones is 1. The largest absolute Gasteiger partial charge is 0.293 e. The van der Waals surface area contributed by atoms with Crippen molar-refractivity contribution in [3.63, 3.8) is 0 Å². The number of fused-ring (bicyclic) bond motifs is 1. The van der Waals surface area contributed by atoms with Crippen molar-refractivity contribution in [2.45, 2.75) is 0 Å². The molecule has 14 heavy (non-hydrogen) atoms. The predicted octanol–water partition coefficient (Wildman–Crippen LogP) is 2.15. The fourth-order valence-corrected chi connectivity index (χ4v) is 1.72. The average Bonchev–Trinajstić information content (AvgIpc) is 2.55. The third-order valence-electron chi connectivity index (χ3n) is 2.06. The normalized spacial score (nSPS) is 10.7. The summed E-state index contributed by atoms with van der Waals surface area (Å²) in [5, 5.41) is 5.59. The lowest BCUT2D eigenvalue weighted by Crippen LogP contribution is -1.98. The standard InChI is InChI=1S/C10H9BrN2O/c1-13-6-8-4-7(10(14)5-11)2-3-9(8)12-13/h2-4,6H,5H2,1H3. The fraction of sp³-hybridized carbons (Fsp3) is 0.200. The Morgan fingerprint density at radius 3 is 3.07 bits per heavy atom. The van der Waals surface area contributed by atoms with Gasteiger partial charge in [-0.2, -0.15) is 5.10 Å². The van der Waals surface area contributed by atoms with E-state index in [2.05, 4.69) is 21.0 Å². The Balaban J connectivity index is 2.55. The molecule has 0 saturated heterocycles. The van der Waals surface area contributed by atoms with Crippen molar-refractivity contribution in [1.82, 2.24) is 9.78 Å². The number of nitrogens with zero attached hydrogens (tertiary/aromatic N) is 2. The first kappa shape index (κ1) is 9.40. The molecule has 0 atom stereocenters. The summed E-state index contributed by atoms with van der Waals surface area (Å²) in [5.74, 6) is 0.0933. The lowest BCUT2D eigenvalue weighted by atomic mass is 10.1. The summed E-state index contributed by atoms with van der Waals surface area (Å²) in [5.41, 5.74) is 1.64. The van der Waals surface area contributed by atoms with Gasteiger partial charge in [0.15, 0.2) is 5.78 Å². The molecular formula is C10H9BrN2O. The number of Topliss-reactive ketones (excluding diaryl/α,β-unsaturated/α-hetero) is 1. The van der Waals surface area contributed by atoms with Crippen molar-refractivity contribution < 1.29 is 4.79 Å². The molecule has 0 radical (unpaired) electrons. The molecule has 0 aliphatic rings. The van der Waals surface area contributed by atoms with Gasteiger partial charge < -0.3 is 0 Å². The van der Waals surface area contributed by atoms with Crippen molar-refractivity contribution in [3.05, 3.63) is 30.0 Å². The second kappa shape index (κ2) is 3.53. The molecular weight excluding hydrogens is 244 g/mol. The molecule has 0 bridgehead atoms. The summed E-state index contributed by atoms with van der Waals surface area (Å²) in [7, 11) is 1.87. The van der Waals surface area contributed by atoms with Gasteiger partial charge >= 0.3 is 0 Å². The highest BCUT2D eigenvalue weighted by Crippen LogP contribution is 2.14. The van der Waals surface area contributed by atoms with Crippen molar-refractivity contribution >= 4 is 32.6 Å². The number of aryl methyl sites for hydroxylation is 1. The Bertz CT molecular complexity index is 490. The quantitative estimate of drug-likeness (QED) is 0.607. The van der Waals surface area contributed by atoms with E-state index >= 15 is 0 Å². The Kier molecular flexibility index (Phi) is 2.37. The Morgan fingerprint density at radius 1 is 1.57 bits per heavy atom. The molecule has 2 aromatic rings. The van der Waals surface area contributed by atoms with E-state index in [1.807, 2.05) is 25.4 Å². The molecule has 2 rings (SSSR count).